The number of likely N-dealkylation sites (tertiary alicyclic amines) is 1. The summed E-state index contributed by atoms with van der Waals surface area (Å²) in [5.41, 5.74) is 0.890. The Bertz CT molecular complexity index is 508. The molecular weight excluding hydrogens is 288 g/mol. The zero-order chi connectivity index (χ0) is 15.9. The van der Waals surface area contributed by atoms with Crippen LogP contribution < -0.4 is 5.32 Å². The molecule has 0 bridgehead atoms. The second-order valence-electron chi connectivity index (χ2n) is 5.18. The second kappa shape index (κ2) is 7.65. The van der Waals surface area contributed by atoms with Crippen molar-refractivity contribution in [2.45, 2.75) is 31.6 Å². The number of hydrogen-bond donors (Lipinski definition) is 3. The molecule has 1 aliphatic rings. The van der Waals surface area contributed by atoms with E-state index in [1.54, 1.807) is 0 Å². The molecule has 7 heteroatoms. The van der Waals surface area contributed by atoms with Gasteiger partial charge >= 0.3 is 12.2 Å². The Hall–Kier alpha value is -2.28. The van der Waals surface area contributed by atoms with Crippen LogP contribution in [0.15, 0.2) is 30.3 Å². The third kappa shape index (κ3) is 4.36. The number of hydrogen-bond acceptors (Lipinski definition) is 4. The molecule has 2 atom stereocenters. The molecule has 0 radical (unpaired) electrons. The number of carbonyl (C=O) groups excluding carboxylic acids is 1. The molecule has 1 fully saturated rings. The Morgan fingerprint density at radius 2 is 2.05 bits per heavy atom. The standard InChI is InChI=1S/C15H20N2O5/c18-13-7-9-17(15(20)21)12(13)6-8-16-14(19)22-10-11-4-2-1-3-5-11/h1-5,12-13,18H,6-10H2,(H,16,19)(H,20,21)/t12-,13+/m1/s1. The average molecular weight is 308 g/mol. The Morgan fingerprint density at radius 3 is 2.73 bits per heavy atom. The molecule has 2 amide bonds. The predicted molar refractivity (Wildman–Crippen MR) is 78.4 cm³/mol. The molecule has 7 nitrogen and oxygen atoms in total. The lowest BCUT2D eigenvalue weighted by atomic mass is 10.1. The number of alkyl carbamates (subject to hydrolysis) is 1. The van der Waals surface area contributed by atoms with Crippen molar-refractivity contribution in [3.05, 3.63) is 35.9 Å². The van der Waals surface area contributed by atoms with Gasteiger partial charge in [0, 0.05) is 13.1 Å². The minimum absolute atomic E-state index is 0.181. The summed E-state index contributed by atoms with van der Waals surface area (Å²) < 4.78 is 5.05. The molecule has 1 aromatic rings. The Kier molecular flexibility index (Phi) is 5.60. The minimum Gasteiger partial charge on any atom is -0.465 e. The van der Waals surface area contributed by atoms with Crippen molar-refractivity contribution in [2.75, 3.05) is 13.1 Å². The maximum Gasteiger partial charge on any atom is 0.407 e. The fourth-order valence-electron chi connectivity index (χ4n) is 2.52. The normalized spacial score (nSPS) is 20.7. The number of amides is 2. The molecule has 1 aromatic carbocycles. The summed E-state index contributed by atoms with van der Waals surface area (Å²) in [6.45, 7) is 0.749. The Morgan fingerprint density at radius 1 is 1.32 bits per heavy atom. The zero-order valence-electron chi connectivity index (χ0n) is 12.1. The van der Waals surface area contributed by atoms with Gasteiger partial charge in [0.15, 0.2) is 0 Å². The van der Waals surface area contributed by atoms with Crippen LogP contribution in [0.4, 0.5) is 9.59 Å². The molecule has 22 heavy (non-hydrogen) atoms. The van der Waals surface area contributed by atoms with Gasteiger partial charge < -0.3 is 25.2 Å². The van der Waals surface area contributed by atoms with E-state index in [0.29, 0.717) is 19.4 Å². The summed E-state index contributed by atoms with van der Waals surface area (Å²) in [7, 11) is 0. The molecule has 120 valence electrons. The summed E-state index contributed by atoms with van der Waals surface area (Å²) in [5, 5.41) is 21.4. The van der Waals surface area contributed by atoms with Crippen molar-refractivity contribution in [1.82, 2.24) is 10.2 Å². The first kappa shape index (κ1) is 16.1. The molecule has 0 spiro atoms. The Labute approximate surface area is 128 Å². The number of aliphatic hydroxyl groups is 1. The van der Waals surface area contributed by atoms with Crippen molar-refractivity contribution in [2.24, 2.45) is 0 Å². The van der Waals surface area contributed by atoms with Gasteiger partial charge in [-0.15, -0.1) is 0 Å². The molecule has 3 N–H and O–H groups in total. The van der Waals surface area contributed by atoms with Gasteiger partial charge in [-0.05, 0) is 18.4 Å². The van der Waals surface area contributed by atoms with Crippen LogP contribution in [0.25, 0.3) is 0 Å². The van der Waals surface area contributed by atoms with Crippen LogP contribution >= 0.6 is 0 Å². The van der Waals surface area contributed by atoms with Crippen LogP contribution in [0.1, 0.15) is 18.4 Å². The van der Waals surface area contributed by atoms with E-state index < -0.39 is 24.3 Å². The van der Waals surface area contributed by atoms with Gasteiger partial charge in [0.05, 0.1) is 12.1 Å². The van der Waals surface area contributed by atoms with E-state index >= 15 is 0 Å². The van der Waals surface area contributed by atoms with Gasteiger partial charge in [-0.2, -0.15) is 0 Å². The predicted octanol–water partition coefficient (Wildman–Crippen LogP) is 1.42. The highest BCUT2D eigenvalue weighted by Crippen LogP contribution is 2.20. The average Bonchev–Trinajstić information content (AvgIpc) is 2.88. The third-order valence-electron chi connectivity index (χ3n) is 3.68. The van der Waals surface area contributed by atoms with Gasteiger partial charge in [-0.1, -0.05) is 30.3 Å². The lowest BCUT2D eigenvalue weighted by Gasteiger charge is -2.23. The zero-order valence-corrected chi connectivity index (χ0v) is 12.1. The molecule has 1 saturated heterocycles. The van der Waals surface area contributed by atoms with Crippen LogP contribution in [0.3, 0.4) is 0 Å². The second-order valence-corrected chi connectivity index (χ2v) is 5.18. The summed E-state index contributed by atoms with van der Waals surface area (Å²) in [5.74, 6) is 0. The lowest BCUT2D eigenvalue weighted by Crippen LogP contribution is -2.41. The van der Waals surface area contributed by atoms with Gasteiger partial charge in [0.1, 0.15) is 6.61 Å². The van der Waals surface area contributed by atoms with E-state index in [4.69, 9.17) is 9.84 Å². The summed E-state index contributed by atoms with van der Waals surface area (Å²) in [6, 6.07) is 8.83. The van der Waals surface area contributed by atoms with Gasteiger partial charge in [0.25, 0.3) is 0 Å². The summed E-state index contributed by atoms with van der Waals surface area (Å²) in [4.78, 5) is 23.8. The van der Waals surface area contributed by atoms with Crippen LogP contribution in [0, 0.1) is 0 Å². The van der Waals surface area contributed by atoms with Crippen LogP contribution in [0.5, 0.6) is 0 Å². The lowest BCUT2D eigenvalue weighted by molar-refractivity contribution is 0.0950. The van der Waals surface area contributed by atoms with Crippen LogP contribution in [0.2, 0.25) is 0 Å². The number of nitrogens with zero attached hydrogens (tertiary/aromatic N) is 1. The molecule has 0 aromatic heterocycles. The fourth-order valence-corrected chi connectivity index (χ4v) is 2.52. The number of nitrogens with one attached hydrogen (secondary N) is 1. The molecule has 0 saturated carbocycles. The maximum absolute atomic E-state index is 11.6. The highest BCUT2D eigenvalue weighted by molar-refractivity contribution is 5.67. The number of ether oxygens (including phenoxy) is 1. The van der Waals surface area contributed by atoms with Crippen molar-refractivity contribution in [3.8, 4) is 0 Å². The molecule has 0 aliphatic carbocycles. The number of benzene rings is 1. The number of carboxylic acid groups (broad SMARTS) is 1. The van der Waals surface area contributed by atoms with Crippen molar-refractivity contribution >= 4 is 12.2 Å². The van der Waals surface area contributed by atoms with Gasteiger partial charge in [-0.25, -0.2) is 9.59 Å². The third-order valence-corrected chi connectivity index (χ3v) is 3.68. The maximum atomic E-state index is 11.6. The van der Waals surface area contributed by atoms with E-state index in [1.807, 2.05) is 30.3 Å². The first-order chi connectivity index (χ1) is 10.6. The van der Waals surface area contributed by atoms with Crippen molar-refractivity contribution in [1.29, 1.82) is 0 Å². The largest absolute Gasteiger partial charge is 0.465 e. The first-order valence-corrected chi connectivity index (χ1v) is 7.20. The van der Waals surface area contributed by atoms with E-state index in [-0.39, 0.29) is 13.2 Å². The summed E-state index contributed by atoms with van der Waals surface area (Å²) in [6.07, 6.45) is -1.51. The van der Waals surface area contributed by atoms with E-state index in [0.717, 1.165) is 5.56 Å². The smallest absolute Gasteiger partial charge is 0.407 e. The topological polar surface area (TPSA) is 99.1 Å². The van der Waals surface area contributed by atoms with Crippen molar-refractivity contribution < 1.29 is 24.5 Å². The van der Waals surface area contributed by atoms with Crippen molar-refractivity contribution in [3.63, 3.8) is 0 Å². The number of rotatable bonds is 5. The number of aliphatic hydroxyl groups excluding tert-OH is 1. The monoisotopic (exact) mass is 308 g/mol. The summed E-state index contributed by atoms with van der Waals surface area (Å²) >= 11 is 0. The fraction of sp³-hybridized carbons (Fsp3) is 0.467. The Balaban J connectivity index is 1.69. The van der Waals surface area contributed by atoms with E-state index in [2.05, 4.69) is 5.32 Å². The quantitative estimate of drug-likeness (QED) is 0.764. The minimum atomic E-state index is -1.05. The highest BCUT2D eigenvalue weighted by atomic mass is 16.5. The SMILES string of the molecule is O=C(NCC[C@@H]1[C@@H](O)CCN1C(=O)O)OCc1ccccc1. The van der Waals surface area contributed by atoms with Crippen LogP contribution in [-0.2, 0) is 11.3 Å². The van der Waals surface area contributed by atoms with E-state index in [1.165, 1.54) is 4.90 Å². The van der Waals surface area contributed by atoms with Crippen LogP contribution in [-0.4, -0.2) is 52.5 Å². The molecule has 1 aliphatic heterocycles. The molecular formula is C15H20N2O5. The molecule has 2 rings (SSSR count). The van der Waals surface area contributed by atoms with E-state index in [9.17, 15) is 14.7 Å². The molecule has 0 unspecified atom stereocenters. The number of carbonyl (C=O) groups is 2. The highest BCUT2D eigenvalue weighted by Gasteiger charge is 2.35. The molecule has 1 heterocycles. The van der Waals surface area contributed by atoms with Gasteiger partial charge in [-0.3, -0.25) is 0 Å². The first-order valence-electron chi connectivity index (χ1n) is 7.20. The van der Waals surface area contributed by atoms with Gasteiger partial charge in [0.2, 0.25) is 0 Å².